The van der Waals surface area contributed by atoms with Crippen LogP contribution in [0, 0.1) is 0 Å². The van der Waals surface area contributed by atoms with Gasteiger partial charge >= 0.3 is 0 Å². The van der Waals surface area contributed by atoms with Crippen LogP contribution in [0.4, 0.5) is 0 Å². The number of nitrogens with two attached hydrogens (primary N) is 1. The van der Waals surface area contributed by atoms with Gasteiger partial charge in [-0.3, -0.25) is 9.78 Å². The minimum absolute atomic E-state index is 0.0232. The molecule has 1 heterocycles. The fourth-order valence-corrected chi connectivity index (χ4v) is 1.31. The molecule has 0 fully saturated rings. The van der Waals surface area contributed by atoms with Crippen LogP contribution in [0.15, 0.2) is 24.5 Å². The van der Waals surface area contributed by atoms with E-state index >= 15 is 0 Å². The molecule has 3 N–H and O–H groups in total. The zero-order chi connectivity index (χ0) is 11.3. The molecule has 82 valence electrons. The normalized spacial score (nSPS) is 14.3. The summed E-state index contributed by atoms with van der Waals surface area (Å²) >= 11 is 0. The zero-order valence-electron chi connectivity index (χ0n) is 9.10. The molecule has 15 heavy (non-hydrogen) atoms. The lowest BCUT2D eigenvalue weighted by atomic mass is 10.1. The molecule has 4 heteroatoms. The maximum atomic E-state index is 11.4. The minimum Gasteiger partial charge on any atom is -0.349 e. The highest BCUT2D eigenvalue weighted by molar-refractivity contribution is 5.76. The van der Waals surface area contributed by atoms with E-state index in [-0.39, 0.29) is 18.0 Å². The van der Waals surface area contributed by atoms with Crippen LogP contribution in [0.5, 0.6) is 0 Å². The van der Waals surface area contributed by atoms with Crippen molar-refractivity contribution in [3.63, 3.8) is 0 Å². The summed E-state index contributed by atoms with van der Waals surface area (Å²) in [6, 6.07) is 3.66. The van der Waals surface area contributed by atoms with Crippen molar-refractivity contribution in [3.05, 3.63) is 30.1 Å². The predicted octanol–water partition coefficient (Wildman–Crippen LogP) is 0.996. The lowest BCUT2D eigenvalue weighted by Crippen LogP contribution is -2.31. The first-order chi connectivity index (χ1) is 7.09. The van der Waals surface area contributed by atoms with E-state index in [4.69, 9.17) is 5.73 Å². The number of carbonyl (C=O) groups excluding carboxylic acids is 1. The Balaban J connectivity index is 2.49. The first kappa shape index (κ1) is 11.7. The van der Waals surface area contributed by atoms with E-state index in [0.717, 1.165) is 5.56 Å². The van der Waals surface area contributed by atoms with Gasteiger partial charge in [-0.05, 0) is 25.5 Å². The van der Waals surface area contributed by atoms with Crippen molar-refractivity contribution in [2.24, 2.45) is 5.73 Å². The van der Waals surface area contributed by atoms with Crippen LogP contribution >= 0.6 is 0 Å². The van der Waals surface area contributed by atoms with Gasteiger partial charge in [0.2, 0.25) is 5.91 Å². The molecular weight excluding hydrogens is 190 g/mol. The SMILES string of the molecule is CC(N)CC(=O)NC(C)c1cccnc1. The average molecular weight is 207 g/mol. The molecule has 1 amide bonds. The Morgan fingerprint density at radius 1 is 1.60 bits per heavy atom. The van der Waals surface area contributed by atoms with Crippen molar-refractivity contribution in [2.75, 3.05) is 0 Å². The number of rotatable bonds is 4. The predicted molar refractivity (Wildman–Crippen MR) is 59.1 cm³/mol. The number of pyridine rings is 1. The molecule has 2 atom stereocenters. The summed E-state index contributed by atoms with van der Waals surface area (Å²) < 4.78 is 0. The molecule has 2 unspecified atom stereocenters. The molecule has 4 nitrogen and oxygen atoms in total. The van der Waals surface area contributed by atoms with E-state index < -0.39 is 0 Å². The number of nitrogens with one attached hydrogen (secondary N) is 1. The Kier molecular flexibility index (Phi) is 4.24. The lowest BCUT2D eigenvalue weighted by Gasteiger charge is -2.14. The van der Waals surface area contributed by atoms with Crippen LogP contribution in [0.1, 0.15) is 31.9 Å². The monoisotopic (exact) mass is 207 g/mol. The molecule has 1 rings (SSSR count). The Bertz CT molecular complexity index is 311. The molecule has 0 aliphatic rings. The summed E-state index contributed by atoms with van der Waals surface area (Å²) in [6.07, 6.45) is 3.81. The second kappa shape index (κ2) is 5.46. The molecule has 1 aromatic heterocycles. The van der Waals surface area contributed by atoms with Gasteiger partial charge in [0.15, 0.2) is 0 Å². The van der Waals surface area contributed by atoms with Crippen molar-refractivity contribution in [3.8, 4) is 0 Å². The highest BCUT2D eigenvalue weighted by atomic mass is 16.1. The van der Waals surface area contributed by atoms with Gasteiger partial charge in [-0.2, -0.15) is 0 Å². The standard InChI is InChI=1S/C11H17N3O/c1-8(12)6-11(15)14-9(2)10-4-3-5-13-7-10/h3-5,7-9H,6,12H2,1-2H3,(H,14,15). The van der Waals surface area contributed by atoms with Crippen molar-refractivity contribution in [2.45, 2.75) is 32.4 Å². The van der Waals surface area contributed by atoms with E-state index in [1.807, 2.05) is 26.0 Å². The molecule has 0 aliphatic carbocycles. The van der Waals surface area contributed by atoms with Gasteiger partial charge in [0, 0.05) is 24.9 Å². The largest absolute Gasteiger partial charge is 0.349 e. The Labute approximate surface area is 89.9 Å². The molecule has 0 saturated carbocycles. The number of aromatic nitrogens is 1. The van der Waals surface area contributed by atoms with Gasteiger partial charge in [0.25, 0.3) is 0 Å². The van der Waals surface area contributed by atoms with Gasteiger partial charge in [-0.15, -0.1) is 0 Å². The summed E-state index contributed by atoms with van der Waals surface area (Å²) in [4.78, 5) is 15.4. The third-order valence-corrected chi connectivity index (χ3v) is 2.07. The maximum Gasteiger partial charge on any atom is 0.222 e. The summed E-state index contributed by atoms with van der Waals surface area (Å²) in [5.74, 6) is -0.0265. The molecule has 1 aromatic rings. The minimum atomic E-state index is -0.105. The lowest BCUT2D eigenvalue weighted by molar-refractivity contribution is -0.122. The molecule has 0 aliphatic heterocycles. The van der Waals surface area contributed by atoms with Crippen LogP contribution in [0.25, 0.3) is 0 Å². The molecule has 0 aromatic carbocycles. The Morgan fingerprint density at radius 3 is 2.87 bits per heavy atom. The van der Waals surface area contributed by atoms with E-state index in [9.17, 15) is 4.79 Å². The summed E-state index contributed by atoms with van der Waals surface area (Å²) in [7, 11) is 0. The van der Waals surface area contributed by atoms with E-state index in [2.05, 4.69) is 10.3 Å². The zero-order valence-corrected chi connectivity index (χ0v) is 9.10. The summed E-state index contributed by atoms with van der Waals surface area (Å²) in [5.41, 5.74) is 6.53. The number of amides is 1. The highest BCUT2D eigenvalue weighted by Gasteiger charge is 2.10. The van der Waals surface area contributed by atoms with Crippen molar-refractivity contribution < 1.29 is 4.79 Å². The topological polar surface area (TPSA) is 68.0 Å². The second-order valence-corrected chi connectivity index (χ2v) is 3.76. The van der Waals surface area contributed by atoms with Crippen LogP contribution in [0.2, 0.25) is 0 Å². The number of carbonyl (C=O) groups is 1. The van der Waals surface area contributed by atoms with Crippen LogP contribution in [-0.4, -0.2) is 16.9 Å². The summed E-state index contributed by atoms with van der Waals surface area (Å²) in [6.45, 7) is 3.74. The molecular formula is C11H17N3O. The Hall–Kier alpha value is -1.42. The van der Waals surface area contributed by atoms with Crippen LogP contribution < -0.4 is 11.1 Å². The Morgan fingerprint density at radius 2 is 2.33 bits per heavy atom. The molecule has 0 saturated heterocycles. The van der Waals surface area contributed by atoms with Crippen molar-refractivity contribution in [1.82, 2.24) is 10.3 Å². The molecule has 0 bridgehead atoms. The van der Waals surface area contributed by atoms with E-state index in [0.29, 0.717) is 6.42 Å². The van der Waals surface area contributed by atoms with Gasteiger partial charge < -0.3 is 11.1 Å². The highest BCUT2D eigenvalue weighted by Crippen LogP contribution is 2.09. The first-order valence-electron chi connectivity index (χ1n) is 5.04. The fourth-order valence-electron chi connectivity index (χ4n) is 1.31. The van der Waals surface area contributed by atoms with Gasteiger partial charge in [-0.25, -0.2) is 0 Å². The number of hydrogen-bond acceptors (Lipinski definition) is 3. The van der Waals surface area contributed by atoms with Gasteiger partial charge in [0.1, 0.15) is 0 Å². The van der Waals surface area contributed by atoms with Crippen molar-refractivity contribution >= 4 is 5.91 Å². The quantitative estimate of drug-likeness (QED) is 0.773. The van der Waals surface area contributed by atoms with Crippen molar-refractivity contribution in [1.29, 1.82) is 0 Å². The van der Waals surface area contributed by atoms with Crippen LogP contribution in [-0.2, 0) is 4.79 Å². The first-order valence-corrected chi connectivity index (χ1v) is 5.04. The van der Waals surface area contributed by atoms with Crippen LogP contribution in [0.3, 0.4) is 0 Å². The van der Waals surface area contributed by atoms with Gasteiger partial charge in [-0.1, -0.05) is 6.07 Å². The molecule has 0 radical (unpaired) electrons. The number of hydrogen-bond donors (Lipinski definition) is 2. The summed E-state index contributed by atoms with van der Waals surface area (Å²) in [5, 5.41) is 2.87. The maximum absolute atomic E-state index is 11.4. The average Bonchev–Trinajstić information content (AvgIpc) is 2.17. The second-order valence-electron chi connectivity index (χ2n) is 3.76. The third kappa shape index (κ3) is 4.08. The van der Waals surface area contributed by atoms with Gasteiger partial charge in [0.05, 0.1) is 6.04 Å². The van der Waals surface area contributed by atoms with E-state index in [1.54, 1.807) is 12.4 Å². The fraction of sp³-hybridized carbons (Fsp3) is 0.455. The van der Waals surface area contributed by atoms with E-state index in [1.165, 1.54) is 0 Å². The third-order valence-electron chi connectivity index (χ3n) is 2.07. The molecule has 0 spiro atoms. The number of nitrogens with zero attached hydrogens (tertiary/aromatic N) is 1. The smallest absolute Gasteiger partial charge is 0.222 e.